The van der Waals surface area contributed by atoms with E-state index in [0.717, 1.165) is 24.0 Å². The Balaban J connectivity index is 1.63. The Bertz CT molecular complexity index is 678. The van der Waals surface area contributed by atoms with Gasteiger partial charge in [0, 0.05) is 19.2 Å². The largest absolute Gasteiger partial charge is 0.322 e. The van der Waals surface area contributed by atoms with Crippen LogP contribution >= 0.6 is 23.1 Å². The first-order chi connectivity index (χ1) is 10.0. The van der Waals surface area contributed by atoms with Gasteiger partial charge in [-0.3, -0.25) is 14.6 Å². The van der Waals surface area contributed by atoms with E-state index in [1.54, 1.807) is 18.7 Å². The minimum atomic E-state index is -0.126. The Kier molecular flexibility index (Phi) is 3.81. The highest BCUT2D eigenvalue weighted by Gasteiger charge is 2.27. The predicted octanol–water partition coefficient (Wildman–Crippen LogP) is 2.24. The van der Waals surface area contributed by atoms with Gasteiger partial charge in [0.15, 0.2) is 16.1 Å². The fourth-order valence-electron chi connectivity index (χ4n) is 2.22. The summed E-state index contributed by atoms with van der Waals surface area (Å²) in [4.78, 5) is 34.7. The first-order valence-electron chi connectivity index (χ1n) is 6.50. The highest BCUT2D eigenvalue weighted by Crippen LogP contribution is 2.31. The van der Waals surface area contributed by atoms with Gasteiger partial charge in [-0.1, -0.05) is 23.1 Å². The Labute approximate surface area is 130 Å². The molecule has 2 aliphatic rings. The fourth-order valence-corrected chi connectivity index (χ4v) is 4.05. The van der Waals surface area contributed by atoms with E-state index < -0.39 is 0 Å². The molecule has 1 N–H and O–H groups in total. The summed E-state index contributed by atoms with van der Waals surface area (Å²) >= 11 is 2.77. The number of nitrogens with one attached hydrogen (secondary N) is 1. The number of amides is 1. The molecule has 0 spiro atoms. The second kappa shape index (κ2) is 5.61. The third kappa shape index (κ3) is 2.86. The van der Waals surface area contributed by atoms with Crippen LogP contribution in [0.3, 0.4) is 0 Å². The van der Waals surface area contributed by atoms with Gasteiger partial charge in [0.1, 0.15) is 0 Å². The highest BCUT2D eigenvalue weighted by molar-refractivity contribution is 8.16. The predicted molar refractivity (Wildman–Crippen MR) is 84.8 cm³/mol. The summed E-state index contributed by atoms with van der Waals surface area (Å²) in [6, 6.07) is 0. The second-order valence-electron chi connectivity index (χ2n) is 4.76. The maximum atomic E-state index is 12.1. The number of aliphatic imine (C=N–C) groups is 1. The highest BCUT2D eigenvalue weighted by atomic mass is 32.2. The lowest BCUT2D eigenvalue weighted by atomic mass is 10.3. The molecule has 0 saturated heterocycles. The summed E-state index contributed by atoms with van der Waals surface area (Å²) in [5.41, 5.74) is 1.63. The zero-order chi connectivity index (χ0) is 15.0. The van der Waals surface area contributed by atoms with Crippen LogP contribution in [0.15, 0.2) is 16.1 Å². The third-order valence-electron chi connectivity index (χ3n) is 3.15. The Hall–Kier alpha value is -1.67. The number of rotatable bonds is 4. The van der Waals surface area contributed by atoms with Gasteiger partial charge in [-0.25, -0.2) is 4.98 Å². The standard InChI is InChI=1S/C13H14N4O2S2/c1-7-11(8(2)18)21-12(15-7)16-10(19)5-9-6-20-13-14-3-4-17(9)13/h6H,3-5H2,1-2H3,(H,15,16,19). The molecule has 110 valence electrons. The molecule has 1 aromatic heterocycles. The number of anilines is 1. The molecule has 8 heteroatoms. The monoisotopic (exact) mass is 322 g/mol. The molecule has 0 atom stereocenters. The van der Waals surface area contributed by atoms with Crippen molar-refractivity contribution in [2.75, 3.05) is 18.4 Å². The van der Waals surface area contributed by atoms with Crippen LogP contribution in [0.1, 0.15) is 28.7 Å². The number of nitrogens with zero attached hydrogens (tertiary/aromatic N) is 3. The van der Waals surface area contributed by atoms with Crippen molar-refractivity contribution in [3.63, 3.8) is 0 Å². The maximum absolute atomic E-state index is 12.1. The van der Waals surface area contributed by atoms with Crippen molar-refractivity contribution in [2.45, 2.75) is 20.3 Å². The molecule has 1 aromatic rings. The summed E-state index contributed by atoms with van der Waals surface area (Å²) in [6.45, 7) is 4.90. The van der Waals surface area contributed by atoms with Crippen LogP contribution in [0.25, 0.3) is 0 Å². The zero-order valence-corrected chi connectivity index (χ0v) is 13.3. The molecule has 1 amide bonds. The van der Waals surface area contributed by atoms with Crippen molar-refractivity contribution < 1.29 is 9.59 Å². The van der Waals surface area contributed by atoms with Crippen LogP contribution in [0.5, 0.6) is 0 Å². The van der Waals surface area contributed by atoms with Crippen molar-refractivity contribution in [3.8, 4) is 0 Å². The number of thiazole rings is 1. The number of aryl methyl sites for hydroxylation is 1. The molecule has 21 heavy (non-hydrogen) atoms. The van der Waals surface area contributed by atoms with Gasteiger partial charge >= 0.3 is 0 Å². The van der Waals surface area contributed by atoms with Crippen LogP contribution in [-0.4, -0.2) is 39.8 Å². The average molecular weight is 322 g/mol. The van der Waals surface area contributed by atoms with Crippen LogP contribution < -0.4 is 5.32 Å². The molecule has 0 aromatic carbocycles. The van der Waals surface area contributed by atoms with Gasteiger partial charge in [0.25, 0.3) is 0 Å². The number of Topliss-reactive ketones (excluding diaryl/α,β-unsaturated/α-hetero) is 1. The molecule has 6 nitrogen and oxygen atoms in total. The summed E-state index contributed by atoms with van der Waals surface area (Å²) in [5.74, 6) is -0.155. The van der Waals surface area contributed by atoms with Gasteiger partial charge in [-0.05, 0) is 12.3 Å². The van der Waals surface area contributed by atoms with Gasteiger partial charge in [0.05, 0.1) is 23.5 Å². The summed E-state index contributed by atoms with van der Waals surface area (Å²) in [7, 11) is 0. The van der Waals surface area contributed by atoms with E-state index in [2.05, 4.69) is 20.2 Å². The number of carbonyl (C=O) groups is 2. The van der Waals surface area contributed by atoms with E-state index in [4.69, 9.17) is 0 Å². The molecule has 0 saturated carbocycles. The quantitative estimate of drug-likeness (QED) is 0.861. The second-order valence-corrected chi connectivity index (χ2v) is 6.59. The Morgan fingerprint density at radius 1 is 1.48 bits per heavy atom. The smallest absolute Gasteiger partial charge is 0.232 e. The molecule has 0 unspecified atom stereocenters. The van der Waals surface area contributed by atoms with E-state index in [9.17, 15) is 9.59 Å². The minimum Gasteiger partial charge on any atom is -0.322 e. The third-order valence-corrected chi connectivity index (χ3v) is 5.28. The first kappa shape index (κ1) is 14.3. The Morgan fingerprint density at radius 3 is 3.00 bits per heavy atom. The van der Waals surface area contributed by atoms with Gasteiger partial charge in [0.2, 0.25) is 5.91 Å². The molecular weight excluding hydrogens is 308 g/mol. The lowest BCUT2D eigenvalue weighted by Crippen LogP contribution is -2.24. The number of fused-ring (bicyclic) bond motifs is 1. The summed E-state index contributed by atoms with van der Waals surface area (Å²) < 4.78 is 0. The molecular formula is C13H14N4O2S2. The summed E-state index contributed by atoms with van der Waals surface area (Å²) in [6.07, 6.45) is 0.292. The minimum absolute atomic E-state index is 0.0293. The van der Waals surface area contributed by atoms with Gasteiger partial charge in [-0.15, -0.1) is 0 Å². The van der Waals surface area contributed by atoms with Crippen LogP contribution in [-0.2, 0) is 4.79 Å². The average Bonchev–Trinajstić information content (AvgIpc) is 3.07. The number of amidine groups is 1. The van der Waals surface area contributed by atoms with Crippen molar-refractivity contribution in [1.82, 2.24) is 9.88 Å². The maximum Gasteiger partial charge on any atom is 0.232 e. The molecule has 3 rings (SSSR count). The van der Waals surface area contributed by atoms with Crippen molar-refractivity contribution in [3.05, 3.63) is 21.7 Å². The van der Waals surface area contributed by atoms with Crippen LogP contribution in [0.4, 0.5) is 5.13 Å². The van der Waals surface area contributed by atoms with Gasteiger partial charge < -0.3 is 10.2 Å². The van der Waals surface area contributed by atoms with E-state index >= 15 is 0 Å². The normalized spacial score (nSPS) is 16.6. The number of aromatic nitrogens is 1. The van der Waals surface area contributed by atoms with E-state index in [0.29, 0.717) is 22.1 Å². The van der Waals surface area contributed by atoms with E-state index in [1.807, 2.05) is 5.41 Å². The SMILES string of the molecule is CC(=O)c1sc(NC(=O)CC2=CSC3=NCCN23)nc1C. The molecule has 2 aliphatic heterocycles. The number of hydrogen-bond donors (Lipinski definition) is 1. The summed E-state index contributed by atoms with van der Waals surface area (Å²) in [5, 5.41) is 6.18. The molecule has 0 radical (unpaired) electrons. The van der Waals surface area contributed by atoms with Crippen molar-refractivity contribution in [1.29, 1.82) is 0 Å². The van der Waals surface area contributed by atoms with Crippen molar-refractivity contribution in [2.24, 2.45) is 4.99 Å². The Morgan fingerprint density at radius 2 is 2.29 bits per heavy atom. The topological polar surface area (TPSA) is 74.7 Å². The first-order valence-corrected chi connectivity index (χ1v) is 8.20. The van der Waals surface area contributed by atoms with Crippen molar-refractivity contribution >= 4 is 45.1 Å². The number of hydrogen-bond acceptors (Lipinski definition) is 7. The van der Waals surface area contributed by atoms with Crippen LogP contribution in [0, 0.1) is 6.92 Å². The molecule has 0 bridgehead atoms. The van der Waals surface area contributed by atoms with E-state index in [-0.39, 0.29) is 11.7 Å². The zero-order valence-electron chi connectivity index (χ0n) is 11.7. The lowest BCUT2D eigenvalue weighted by Gasteiger charge is -2.15. The molecule has 0 fully saturated rings. The fraction of sp³-hybridized carbons (Fsp3) is 0.385. The lowest BCUT2D eigenvalue weighted by molar-refractivity contribution is -0.115. The number of ketones is 1. The van der Waals surface area contributed by atoms with Gasteiger partial charge in [-0.2, -0.15) is 0 Å². The van der Waals surface area contributed by atoms with Crippen LogP contribution in [0.2, 0.25) is 0 Å². The number of carbonyl (C=O) groups excluding carboxylic acids is 2. The number of thioether (sulfide) groups is 1. The molecule has 0 aliphatic carbocycles. The van der Waals surface area contributed by atoms with E-state index in [1.165, 1.54) is 18.3 Å². The molecule has 3 heterocycles.